The Morgan fingerprint density at radius 3 is 2.85 bits per heavy atom. The molecule has 0 aliphatic rings. The smallest absolute Gasteiger partial charge is 0.123 e. The monoisotopic (exact) mass is 257 g/mol. The van der Waals surface area contributed by atoms with Crippen molar-refractivity contribution >= 4 is 27.3 Å². The average molecular weight is 258 g/mol. The molecule has 0 saturated carbocycles. The van der Waals surface area contributed by atoms with Crippen LogP contribution < -0.4 is 0 Å². The summed E-state index contributed by atoms with van der Waals surface area (Å²) in [7, 11) is 0. The highest BCUT2D eigenvalue weighted by atomic mass is 79.9. The summed E-state index contributed by atoms with van der Waals surface area (Å²) in [4.78, 5) is 4.13. The van der Waals surface area contributed by atoms with Crippen molar-refractivity contribution in [3.8, 4) is 11.3 Å². The molecular weight excluding hydrogens is 253 g/mol. The molecule has 1 nitrogen and oxygen atoms in total. The van der Waals surface area contributed by atoms with Crippen molar-refractivity contribution in [2.45, 2.75) is 0 Å². The van der Waals surface area contributed by atoms with Crippen LogP contribution in [0.3, 0.4) is 0 Å². The quantitative estimate of drug-likeness (QED) is 0.759. The van der Waals surface area contributed by atoms with E-state index in [0.717, 1.165) is 15.0 Å². The normalized spacial score (nSPS) is 10.3. The lowest BCUT2D eigenvalue weighted by atomic mass is 10.2. The third kappa shape index (κ3) is 1.78. The Hall–Kier alpha value is -0.740. The first-order chi connectivity index (χ1) is 6.27. The molecule has 0 atom stereocenters. The Labute approximate surface area is 87.4 Å². The van der Waals surface area contributed by atoms with Crippen molar-refractivity contribution in [2.75, 3.05) is 0 Å². The van der Waals surface area contributed by atoms with Crippen molar-refractivity contribution in [2.24, 2.45) is 0 Å². The van der Waals surface area contributed by atoms with Gasteiger partial charge in [-0.05, 0) is 28.1 Å². The van der Waals surface area contributed by atoms with Gasteiger partial charge in [-0.25, -0.2) is 9.37 Å². The first-order valence-corrected chi connectivity index (χ1v) is 5.29. The first-order valence-electron chi connectivity index (χ1n) is 3.62. The Balaban J connectivity index is 2.53. The molecule has 2 aromatic rings. The molecule has 0 unspecified atom stereocenters. The second-order valence-electron chi connectivity index (χ2n) is 2.49. The molecule has 1 aromatic carbocycles. The van der Waals surface area contributed by atoms with Crippen LogP contribution in [0.4, 0.5) is 4.39 Å². The van der Waals surface area contributed by atoms with E-state index >= 15 is 0 Å². The van der Waals surface area contributed by atoms with Crippen LogP contribution in [-0.4, -0.2) is 4.98 Å². The molecule has 4 heteroatoms. The van der Waals surface area contributed by atoms with Crippen molar-refractivity contribution in [3.63, 3.8) is 0 Å². The van der Waals surface area contributed by atoms with Gasteiger partial charge in [-0.15, -0.1) is 11.3 Å². The fourth-order valence-electron chi connectivity index (χ4n) is 1.06. The van der Waals surface area contributed by atoms with Gasteiger partial charge in [-0.3, -0.25) is 0 Å². The number of aromatic nitrogens is 1. The Kier molecular flexibility index (Phi) is 2.42. The predicted octanol–water partition coefficient (Wildman–Crippen LogP) is 3.71. The molecule has 0 fully saturated rings. The molecule has 0 aliphatic heterocycles. The van der Waals surface area contributed by atoms with E-state index in [-0.39, 0.29) is 5.82 Å². The number of hydrogen-bond acceptors (Lipinski definition) is 2. The minimum Gasteiger partial charge on any atom is -0.243 e. The molecule has 1 heterocycles. The Morgan fingerprint density at radius 2 is 2.23 bits per heavy atom. The number of halogens is 2. The topological polar surface area (TPSA) is 12.9 Å². The number of thiazole rings is 1. The highest BCUT2D eigenvalue weighted by Crippen LogP contribution is 2.30. The predicted molar refractivity (Wildman–Crippen MR) is 55.2 cm³/mol. The third-order valence-electron chi connectivity index (χ3n) is 1.62. The molecule has 0 spiro atoms. The van der Waals surface area contributed by atoms with Crippen LogP contribution >= 0.6 is 27.3 Å². The fraction of sp³-hybridized carbons (Fsp3) is 0. The summed E-state index contributed by atoms with van der Waals surface area (Å²) >= 11 is 4.85. The molecule has 1 aromatic heterocycles. The van der Waals surface area contributed by atoms with Gasteiger partial charge in [0.1, 0.15) is 5.82 Å². The molecule has 0 N–H and O–H groups in total. The number of hydrogen-bond donors (Lipinski definition) is 0. The maximum atomic E-state index is 12.9. The number of nitrogens with zero attached hydrogens (tertiary/aromatic N) is 1. The maximum absolute atomic E-state index is 12.9. The van der Waals surface area contributed by atoms with Crippen molar-refractivity contribution in [1.29, 1.82) is 0 Å². The van der Waals surface area contributed by atoms with Gasteiger partial charge in [0.15, 0.2) is 0 Å². The zero-order valence-electron chi connectivity index (χ0n) is 6.50. The van der Waals surface area contributed by atoms with Crippen LogP contribution in [0, 0.1) is 5.82 Å². The van der Waals surface area contributed by atoms with E-state index in [2.05, 4.69) is 20.9 Å². The van der Waals surface area contributed by atoms with Crippen molar-refractivity contribution < 1.29 is 4.39 Å². The fourth-order valence-corrected chi connectivity index (χ4v) is 2.17. The van der Waals surface area contributed by atoms with Crippen molar-refractivity contribution in [1.82, 2.24) is 4.98 Å². The minimum absolute atomic E-state index is 0.239. The second-order valence-corrected chi connectivity index (χ2v) is 4.66. The molecule has 0 radical (unpaired) electrons. The van der Waals surface area contributed by atoms with E-state index in [4.69, 9.17) is 0 Å². The summed E-state index contributed by atoms with van der Waals surface area (Å²) in [6, 6.07) is 6.41. The van der Waals surface area contributed by atoms with Gasteiger partial charge in [0.25, 0.3) is 0 Å². The van der Waals surface area contributed by atoms with Gasteiger partial charge in [-0.2, -0.15) is 0 Å². The van der Waals surface area contributed by atoms with Crippen LogP contribution in [0.25, 0.3) is 11.3 Å². The summed E-state index contributed by atoms with van der Waals surface area (Å²) in [5, 5.41) is 0. The van der Waals surface area contributed by atoms with Crippen LogP contribution in [-0.2, 0) is 0 Å². The maximum Gasteiger partial charge on any atom is 0.123 e. The highest BCUT2D eigenvalue weighted by Gasteiger charge is 2.05. The first kappa shape index (κ1) is 8.84. The number of benzene rings is 1. The van der Waals surface area contributed by atoms with Crippen LogP contribution in [0.1, 0.15) is 0 Å². The van der Waals surface area contributed by atoms with Crippen LogP contribution in [0.15, 0.2) is 33.6 Å². The van der Waals surface area contributed by atoms with Crippen LogP contribution in [0.5, 0.6) is 0 Å². The second kappa shape index (κ2) is 3.55. The summed E-state index contributed by atoms with van der Waals surface area (Å²) in [5.74, 6) is -0.239. The summed E-state index contributed by atoms with van der Waals surface area (Å²) < 4.78 is 13.8. The lowest BCUT2D eigenvalue weighted by molar-refractivity contribution is 0.628. The molecule has 66 valence electrons. The van der Waals surface area contributed by atoms with E-state index in [0.29, 0.717) is 0 Å². The molecule has 13 heavy (non-hydrogen) atoms. The lowest BCUT2D eigenvalue weighted by Gasteiger charge is -1.96. The Morgan fingerprint density at radius 1 is 1.38 bits per heavy atom. The van der Waals surface area contributed by atoms with Gasteiger partial charge in [0, 0.05) is 5.56 Å². The van der Waals surface area contributed by atoms with Crippen LogP contribution in [0.2, 0.25) is 0 Å². The molecule has 0 bridgehead atoms. The molecule has 0 saturated heterocycles. The molecule has 2 rings (SSSR count). The summed E-state index contributed by atoms with van der Waals surface area (Å²) in [5.41, 5.74) is 3.32. The zero-order valence-corrected chi connectivity index (χ0v) is 8.90. The van der Waals surface area contributed by atoms with E-state index in [1.807, 2.05) is 6.07 Å². The van der Waals surface area contributed by atoms with Gasteiger partial charge >= 0.3 is 0 Å². The highest BCUT2D eigenvalue weighted by molar-refractivity contribution is 9.11. The standard InChI is InChI=1S/C9H5BrFNS/c10-9-8(12-5-13-9)6-2-1-3-7(11)4-6/h1-5H. The summed E-state index contributed by atoms with van der Waals surface area (Å²) in [6.45, 7) is 0. The molecule has 0 aliphatic carbocycles. The minimum atomic E-state index is -0.239. The van der Waals surface area contributed by atoms with E-state index in [1.54, 1.807) is 11.6 Å². The average Bonchev–Trinajstić information content (AvgIpc) is 2.51. The number of rotatable bonds is 1. The van der Waals surface area contributed by atoms with Gasteiger partial charge in [-0.1, -0.05) is 12.1 Å². The van der Waals surface area contributed by atoms with Gasteiger partial charge in [0.05, 0.1) is 15.0 Å². The van der Waals surface area contributed by atoms with E-state index in [1.165, 1.54) is 23.5 Å². The Bertz CT molecular complexity index is 427. The largest absolute Gasteiger partial charge is 0.243 e. The van der Waals surface area contributed by atoms with Gasteiger partial charge < -0.3 is 0 Å². The zero-order chi connectivity index (χ0) is 9.26. The SMILES string of the molecule is Fc1cccc(-c2ncsc2Br)c1. The molecule has 0 amide bonds. The van der Waals surface area contributed by atoms with E-state index in [9.17, 15) is 4.39 Å². The van der Waals surface area contributed by atoms with E-state index < -0.39 is 0 Å². The summed E-state index contributed by atoms with van der Waals surface area (Å²) in [6.07, 6.45) is 0. The lowest BCUT2D eigenvalue weighted by Crippen LogP contribution is -1.79. The van der Waals surface area contributed by atoms with Crippen molar-refractivity contribution in [3.05, 3.63) is 39.4 Å². The van der Waals surface area contributed by atoms with Gasteiger partial charge in [0.2, 0.25) is 0 Å². The molecular formula is C9H5BrFNS. The third-order valence-corrected chi connectivity index (χ3v) is 3.17.